The molecule has 0 aliphatic carbocycles. The maximum atomic E-state index is 11.7. The van der Waals surface area contributed by atoms with Crippen LogP contribution in [0.15, 0.2) is 12.7 Å². The van der Waals surface area contributed by atoms with E-state index >= 15 is 0 Å². The maximum absolute atomic E-state index is 11.7. The number of rotatable bonds is 15. The molecule has 0 rings (SSSR count). The highest BCUT2D eigenvalue weighted by molar-refractivity contribution is 5.78. The lowest BCUT2D eigenvalue weighted by atomic mass is 10.0. The fourth-order valence-corrected chi connectivity index (χ4v) is 2.27. The first-order valence-electron chi connectivity index (χ1n) is 8.49. The summed E-state index contributed by atoms with van der Waals surface area (Å²) < 4.78 is 4.87. The Morgan fingerprint density at radius 3 is 1.90 bits per heavy atom. The number of carbonyl (C=O) groups is 2. The average molecular weight is 296 g/mol. The summed E-state index contributed by atoms with van der Waals surface area (Å²) in [6.45, 7) is 5.98. The second-order valence-electron chi connectivity index (χ2n) is 5.50. The predicted octanol–water partition coefficient (Wildman–Crippen LogP) is 4.99. The molecule has 0 aromatic rings. The Kier molecular flexibility index (Phi) is 14.5. The number of unbranched alkanes of at least 4 members (excludes halogenated alkanes) is 7. The van der Waals surface area contributed by atoms with E-state index in [2.05, 4.69) is 6.58 Å². The molecule has 0 radical (unpaired) electrons. The van der Waals surface area contributed by atoms with Gasteiger partial charge in [0.05, 0.1) is 6.61 Å². The van der Waals surface area contributed by atoms with Gasteiger partial charge in [-0.05, 0) is 39.0 Å². The SMILES string of the molecule is C=CCCCCCCC(=O)CCCCCCC(=O)OCC. The number of hydrogen-bond acceptors (Lipinski definition) is 3. The summed E-state index contributed by atoms with van der Waals surface area (Å²) in [5.41, 5.74) is 0. The Morgan fingerprint density at radius 1 is 0.857 bits per heavy atom. The molecule has 0 aromatic carbocycles. The van der Waals surface area contributed by atoms with Gasteiger partial charge in [-0.3, -0.25) is 9.59 Å². The van der Waals surface area contributed by atoms with Crippen LogP contribution >= 0.6 is 0 Å². The van der Waals surface area contributed by atoms with Gasteiger partial charge in [0.1, 0.15) is 5.78 Å². The Bertz CT molecular complexity index is 284. The van der Waals surface area contributed by atoms with Gasteiger partial charge in [0, 0.05) is 19.3 Å². The number of ketones is 1. The number of esters is 1. The highest BCUT2D eigenvalue weighted by Gasteiger charge is 2.03. The highest BCUT2D eigenvalue weighted by atomic mass is 16.5. The average Bonchev–Trinajstić information content (AvgIpc) is 2.46. The third-order valence-corrected chi connectivity index (χ3v) is 3.51. The fraction of sp³-hybridized carbons (Fsp3) is 0.778. The zero-order valence-electron chi connectivity index (χ0n) is 13.7. The Morgan fingerprint density at radius 2 is 1.38 bits per heavy atom. The van der Waals surface area contributed by atoms with Crippen molar-refractivity contribution in [3.05, 3.63) is 12.7 Å². The second kappa shape index (κ2) is 15.3. The lowest BCUT2D eigenvalue weighted by Gasteiger charge is -2.03. The van der Waals surface area contributed by atoms with Gasteiger partial charge in [-0.15, -0.1) is 6.58 Å². The van der Waals surface area contributed by atoms with Crippen molar-refractivity contribution in [2.75, 3.05) is 6.61 Å². The van der Waals surface area contributed by atoms with E-state index in [0.717, 1.165) is 51.4 Å². The third-order valence-electron chi connectivity index (χ3n) is 3.51. The largest absolute Gasteiger partial charge is 0.466 e. The minimum atomic E-state index is -0.106. The van der Waals surface area contributed by atoms with Crippen molar-refractivity contribution in [3.8, 4) is 0 Å². The predicted molar refractivity (Wildman–Crippen MR) is 87.2 cm³/mol. The number of hydrogen-bond donors (Lipinski definition) is 0. The first-order chi connectivity index (χ1) is 10.2. The first-order valence-corrected chi connectivity index (χ1v) is 8.49. The van der Waals surface area contributed by atoms with Crippen molar-refractivity contribution in [2.45, 2.75) is 84.0 Å². The molecule has 0 aliphatic rings. The van der Waals surface area contributed by atoms with Crippen molar-refractivity contribution >= 4 is 11.8 Å². The van der Waals surface area contributed by atoms with Gasteiger partial charge in [-0.2, -0.15) is 0 Å². The summed E-state index contributed by atoms with van der Waals surface area (Å²) in [4.78, 5) is 22.8. The molecule has 0 saturated carbocycles. The molecule has 122 valence electrons. The summed E-state index contributed by atoms with van der Waals surface area (Å²) in [5, 5.41) is 0. The summed E-state index contributed by atoms with van der Waals surface area (Å²) in [6, 6.07) is 0. The Hall–Kier alpha value is -1.12. The molecule has 0 amide bonds. The second-order valence-corrected chi connectivity index (χ2v) is 5.50. The summed E-state index contributed by atoms with van der Waals surface area (Å²) in [5.74, 6) is 0.286. The minimum Gasteiger partial charge on any atom is -0.466 e. The van der Waals surface area contributed by atoms with E-state index in [1.54, 1.807) is 0 Å². The zero-order chi connectivity index (χ0) is 15.8. The van der Waals surface area contributed by atoms with E-state index in [1.807, 2.05) is 13.0 Å². The van der Waals surface area contributed by atoms with Gasteiger partial charge < -0.3 is 4.74 Å². The number of carbonyl (C=O) groups excluding carboxylic acids is 2. The molecule has 0 aromatic heterocycles. The molecule has 0 atom stereocenters. The minimum absolute atomic E-state index is 0.106. The van der Waals surface area contributed by atoms with E-state index < -0.39 is 0 Å². The van der Waals surface area contributed by atoms with Gasteiger partial charge in [0.15, 0.2) is 0 Å². The van der Waals surface area contributed by atoms with Crippen LogP contribution in [0.25, 0.3) is 0 Å². The van der Waals surface area contributed by atoms with Crippen LogP contribution in [0, 0.1) is 0 Å². The standard InChI is InChI=1S/C18H32O3/c1-3-5-6-7-8-11-14-17(19)15-12-9-10-13-16-18(20)21-4-2/h3H,1,4-16H2,2H3. The highest BCUT2D eigenvalue weighted by Crippen LogP contribution is 2.10. The van der Waals surface area contributed by atoms with Gasteiger partial charge in [0.25, 0.3) is 0 Å². The van der Waals surface area contributed by atoms with Crippen molar-refractivity contribution in [2.24, 2.45) is 0 Å². The first kappa shape index (κ1) is 19.9. The van der Waals surface area contributed by atoms with Crippen molar-refractivity contribution in [1.82, 2.24) is 0 Å². The molecule has 0 saturated heterocycles. The van der Waals surface area contributed by atoms with Gasteiger partial charge in [-0.25, -0.2) is 0 Å². The molecule has 0 bridgehead atoms. The lowest BCUT2D eigenvalue weighted by molar-refractivity contribution is -0.143. The van der Waals surface area contributed by atoms with Gasteiger partial charge in [-0.1, -0.05) is 31.8 Å². The van der Waals surface area contributed by atoms with E-state index in [0.29, 0.717) is 25.2 Å². The molecule has 0 heterocycles. The monoisotopic (exact) mass is 296 g/mol. The molecular weight excluding hydrogens is 264 g/mol. The molecule has 0 fully saturated rings. The Balaban J connectivity index is 3.26. The molecule has 21 heavy (non-hydrogen) atoms. The van der Waals surface area contributed by atoms with E-state index in [1.165, 1.54) is 12.8 Å². The molecular formula is C18H32O3. The van der Waals surface area contributed by atoms with Crippen LogP contribution in [0.3, 0.4) is 0 Å². The molecule has 0 unspecified atom stereocenters. The number of ether oxygens (including phenoxy) is 1. The molecule has 0 aliphatic heterocycles. The lowest BCUT2D eigenvalue weighted by Crippen LogP contribution is -2.03. The fourth-order valence-electron chi connectivity index (χ4n) is 2.27. The van der Waals surface area contributed by atoms with Crippen LogP contribution in [-0.4, -0.2) is 18.4 Å². The van der Waals surface area contributed by atoms with Crippen LogP contribution in [0.2, 0.25) is 0 Å². The van der Waals surface area contributed by atoms with Crippen molar-refractivity contribution in [1.29, 1.82) is 0 Å². The summed E-state index contributed by atoms with van der Waals surface area (Å²) in [6.07, 6.45) is 13.4. The zero-order valence-corrected chi connectivity index (χ0v) is 13.7. The van der Waals surface area contributed by atoms with Crippen LogP contribution in [0.1, 0.15) is 84.0 Å². The van der Waals surface area contributed by atoms with Crippen LogP contribution < -0.4 is 0 Å². The van der Waals surface area contributed by atoms with Crippen LogP contribution in [-0.2, 0) is 14.3 Å². The van der Waals surface area contributed by atoms with Crippen LogP contribution in [0.4, 0.5) is 0 Å². The van der Waals surface area contributed by atoms with Crippen LogP contribution in [0.5, 0.6) is 0 Å². The third kappa shape index (κ3) is 15.1. The molecule has 0 spiro atoms. The molecule has 3 nitrogen and oxygen atoms in total. The quantitative estimate of drug-likeness (QED) is 0.243. The number of allylic oxidation sites excluding steroid dienone is 1. The van der Waals surface area contributed by atoms with E-state index in [4.69, 9.17) is 4.74 Å². The topological polar surface area (TPSA) is 43.4 Å². The van der Waals surface area contributed by atoms with Gasteiger partial charge in [0.2, 0.25) is 0 Å². The van der Waals surface area contributed by atoms with Crippen molar-refractivity contribution in [3.63, 3.8) is 0 Å². The van der Waals surface area contributed by atoms with E-state index in [9.17, 15) is 9.59 Å². The van der Waals surface area contributed by atoms with E-state index in [-0.39, 0.29) is 5.97 Å². The molecule has 0 N–H and O–H groups in total. The van der Waals surface area contributed by atoms with Gasteiger partial charge >= 0.3 is 5.97 Å². The Labute approximate surface area is 130 Å². The smallest absolute Gasteiger partial charge is 0.305 e. The number of Topliss-reactive ketones (excluding diaryl/α,β-unsaturated/α-hetero) is 1. The summed E-state index contributed by atoms with van der Waals surface area (Å²) in [7, 11) is 0. The maximum Gasteiger partial charge on any atom is 0.305 e. The van der Waals surface area contributed by atoms with Crippen molar-refractivity contribution < 1.29 is 14.3 Å². The summed E-state index contributed by atoms with van der Waals surface area (Å²) >= 11 is 0. The molecule has 3 heteroatoms. The normalized spacial score (nSPS) is 10.3.